The molecule has 0 atom stereocenters. The Balaban J connectivity index is 0.945. The number of hydrogen-bond donors (Lipinski definition) is 0. The van der Waals surface area contributed by atoms with E-state index in [1.807, 2.05) is 12.2 Å². The van der Waals surface area contributed by atoms with E-state index in [-0.39, 0.29) is 0 Å². The lowest BCUT2D eigenvalue weighted by molar-refractivity contribution is 1.27. The second kappa shape index (κ2) is 17.6. The number of aryl methyl sites for hydroxylation is 1. The van der Waals surface area contributed by atoms with Crippen LogP contribution >= 0.6 is 0 Å². The minimum absolute atomic E-state index is 1.11. The SMILES string of the molecule is C=CC=C(C)c1ccc(N(c2ccc(-c3ccc(C=Cc4ccc(-c5ccc(N(c6ccccc6)c6ccccc6)cc5)cc4)cc3)cc2)c2cccc(C)c2)cc1. The van der Waals surface area contributed by atoms with Crippen molar-refractivity contribution in [2.45, 2.75) is 13.8 Å². The normalized spacial score (nSPS) is 11.4. The number of anilines is 6. The Labute approximate surface area is 343 Å². The third-order valence-corrected chi connectivity index (χ3v) is 10.4. The van der Waals surface area contributed by atoms with E-state index in [1.54, 1.807) is 0 Å². The summed E-state index contributed by atoms with van der Waals surface area (Å²) >= 11 is 0. The minimum Gasteiger partial charge on any atom is -0.311 e. The highest BCUT2D eigenvalue weighted by Gasteiger charge is 2.14. The van der Waals surface area contributed by atoms with Gasteiger partial charge in [0.2, 0.25) is 0 Å². The summed E-state index contributed by atoms with van der Waals surface area (Å²) in [4.78, 5) is 4.60. The lowest BCUT2D eigenvalue weighted by Gasteiger charge is -2.26. The Kier molecular flexibility index (Phi) is 11.4. The van der Waals surface area contributed by atoms with Gasteiger partial charge in [0.1, 0.15) is 0 Å². The van der Waals surface area contributed by atoms with Crippen molar-refractivity contribution < 1.29 is 0 Å². The van der Waals surface area contributed by atoms with Gasteiger partial charge < -0.3 is 9.80 Å². The van der Waals surface area contributed by atoms with E-state index in [9.17, 15) is 0 Å². The van der Waals surface area contributed by atoms with E-state index in [2.05, 4.69) is 249 Å². The summed E-state index contributed by atoms with van der Waals surface area (Å²) in [5.41, 5.74) is 17.4. The van der Waals surface area contributed by atoms with Gasteiger partial charge in [-0.05, 0) is 137 Å². The summed E-state index contributed by atoms with van der Waals surface area (Å²) in [6.45, 7) is 8.10. The first-order valence-electron chi connectivity index (χ1n) is 19.8. The predicted octanol–water partition coefficient (Wildman–Crippen LogP) is 16.0. The Morgan fingerprint density at radius 1 is 0.397 bits per heavy atom. The van der Waals surface area contributed by atoms with Crippen molar-refractivity contribution in [1.29, 1.82) is 0 Å². The summed E-state index contributed by atoms with van der Waals surface area (Å²) in [5.74, 6) is 0. The smallest absolute Gasteiger partial charge is 0.0464 e. The van der Waals surface area contributed by atoms with Gasteiger partial charge in [-0.1, -0.05) is 164 Å². The highest BCUT2D eigenvalue weighted by Crippen LogP contribution is 2.38. The van der Waals surface area contributed by atoms with Crippen molar-refractivity contribution >= 4 is 51.8 Å². The van der Waals surface area contributed by atoms with Crippen LogP contribution < -0.4 is 9.80 Å². The van der Waals surface area contributed by atoms with Gasteiger partial charge in [0, 0.05) is 34.1 Å². The molecular formula is C56H46N2. The predicted molar refractivity (Wildman–Crippen MR) is 251 cm³/mol. The fraction of sp³-hybridized carbons (Fsp3) is 0.0357. The molecule has 0 aliphatic carbocycles. The zero-order chi connectivity index (χ0) is 39.7. The first kappa shape index (κ1) is 37.5. The highest BCUT2D eigenvalue weighted by molar-refractivity contribution is 5.81. The maximum Gasteiger partial charge on any atom is 0.0464 e. The fourth-order valence-corrected chi connectivity index (χ4v) is 7.33. The molecule has 0 aliphatic rings. The zero-order valence-corrected chi connectivity index (χ0v) is 33.0. The molecule has 0 fully saturated rings. The van der Waals surface area contributed by atoms with E-state index in [0.717, 1.165) is 45.3 Å². The fourth-order valence-electron chi connectivity index (χ4n) is 7.33. The molecule has 280 valence electrons. The molecule has 58 heavy (non-hydrogen) atoms. The van der Waals surface area contributed by atoms with Gasteiger partial charge in [0.05, 0.1) is 0 Å². The van der Waals surface area contributed by atoms with E-state index < -0.39 is 0 Å². The summed E-state index contributed by atoms with van der Waals surface area (Å²) in [6, 6.07) is 73.6. The van der Waals surface area contributed by atoms with Crippen LogP contribution in [-0.2, 0) is 0 Å². The number of rotatable bonds is 12. The average molecular weight is 747 g/mol. The van der Waals surface area contributed by atoms with Gasteiger partial charge in [-0.25, -0.2) is 0 Å². The van der Waals surface area contributed by atoms with E-state index in [1.165, 1.54) is 39.0 Å². The van der Waals surface area contributed by atoms with Crippen LogP contribution in [0.25, 0.3) is 40.0 Å². The molecule has 0 aliphatic heterocycles. The van der Waals surface area contributed by atoms with Crippen molar-refractivity contribution in [1.82, 2.24) is 0 Å². The van der Waals surface area contributed by atoms with Gasteiger partial charge in [0.15, 0.2) is 0 Å². The quantitative estimate of drug-likeness (QED) is 0.0907. The van der Waals surface area contributed by atoms with Gasteiger partial charge in [-0.15, -0.1) is 0 Å². The number of hydrogen-bond acceptors (Lipinski definition) is 2. The number of nitrogens with zero attached hydrogens (tertiary/aromatic N) is 2. The Morgan fingerprint density at radius 3 is 1.17 bits per heavy atom. The van der Waals surface area contributed by atoms with Crippen LogP contribution in [-0.4, -0.2) is 0 Å². The van der Waals surface area contributed by atoms with Crippen molar-refractivity contribution in [3.63, 3.8) is 0 Å². The van der Waals surface area contributed by atoms with Crippen molar-refractivity contribution in [2.75, 3.05) is 9.80 Å². The second-order valence-corrected chi connectivity index (χ2v) is 14.5. The van der Waals surface area contributed by atoms with Crippen LogP contribution in [0.15, 0.2) is 225 Å². The molecule has 2 heteroatoms. The van der Waals surface area contributed by atoms with Crippen LogP contribution in [0.1, 0.15) is 29.2 Å². The molecule has 0 amide bonds. The van der Waals surface area contributed by atoms with Crippen LogP contribution in [0, 0.1) is 6.92 Å². The summed E-state index contributed by atoms with van der Waals surface area (Å²) < 4.78 is 0. The monoisotopic (exact) mass is 746 g/mol. The van der Waals surface area contributed by atoms with E-state index in [4.69, 9.17) is 0 Å². The molecule has 8 aromatic rings. The van der Waals surface area contributed by atoms with Crippen LogP contribution in [0.2, 0.25) is 0 Å². The molecular weight excluding hydrogens is 701 g/mol. The molecule has 0 N–H and O–H groups in total. The van der Waals surface area contributed by atoms with Crippen LogP contribution in [0.5, 0.6) is 0 Å². The molecule has 0 radical (unpaired) electrons. The molecule has 0 bridgehead atoms. The molecule has 0 saturated heterocycles. The lowest BCUT2D eigenvalue weighted by Crippen LogP contribution is -2.10. The molecule has 0 unspecified atom stereocenters. The first-order valence-corrected chi connectivity index (χ1v) is 19.8. The van der Waals surface area contributed by atoms with Gasteiger partial charge in [-0.2, -0.15) is 0 Å². The van der Waals surface area contributed by atoms with Crippen LogP contribution in [0.3, 0.4) is 0 Å². The standard InChI is InChI=1S/C56H46N2/c1-4-12-43(3)46-29-35-54(36-30-46)58(56-18-11-13-42(2)41-56)55-39-33-50(34-40-55)48-27-23-45(24-28-48)20-19-44-21-25-47(26-22-44)49-31-37-53(38-32-49)57(51-14-7-5-8-15-51)52-16-9-6-10-17-52/h4-41H,1H2,2-3H3. The number of allylic oxidation sites excluding steroid dienone is 3. The Hall–Kier alpha value is -7.42. The highest BCUT2D eigenvalue weighted by atomic mass is 15.1. The molecule has 2 nitrogen and oxygen atoms in total. The van der Waals surface area contributed by atoms with Crippen molar-refractivity contribution in [2.24, 2.45) is 0 Å². The third kappa shape index (κ3) is 8.68. The maximum atomic E-state index is 3.85. The van der Waals surface area contributed by atoms with Gasteiger partial charge >= 0.3 is 0 Å². The summed E-state index contributed by atoms with van der Waals surface area (Å²) in [5, 5.41) is 0. The minimum atomic E-state index is 1.11. The molecule has 0 heterocycles. The second-order valence-electron chi connectivity index (χ2n) is 14.5. The summed E-state index contributed by atoms with van der Waals surface area (Å²) in [6.07, 6.45) is 8.23. The van der Waals surface area contributed by atoms with E-state index >= 15 is 0 Å². The molecule has 0 spiro atoms. The largest absolute Gasteiger partial charge is 0.311 e. The average Bonchev–Trinajstić information content (AvgIpc) is 3.28. The van der Waals surface area contributed by atoms with Crippen LogP contribution in [0.4, 0.5) is 34.1 Å². The van der Waals surface area contributed by atoms with Gasteiger partial charge in [0.25, 0.3) is 0 Å². The first-order chi connectivity index (χ1) is 28.5. The Bertz CT molecular complexity index is 2600. The number of benzene rings is 8. The van der Waals surface area contributed by atoms with Gasteiger partial charge in [-0.3, -0.25) is 0 Å². The third-order valence-electron chi connectivity index (χ3n) is 10.4. The molecule has 0 aromatic heterocycles. The van der Waals surface area contributed by atoms with Crippen molar-refractivity contribution in [3.05, 3.63) is 247 Å². The number of para-hydroxylation sites is 2. The molecule has 0 saturated carbocycles. The lowest BCUT2D eigenvalue weighted by atomic mass is 10.0. The molecule has 8 aromatic carbocycles. The topological polar surface area (TPSA) is 6.48 Å². The zero-order valence-electron chi connectivity index (χ0n) is 33.0. The maximum absolute atomic E-state index is 3.85. The van der Waals surface area contributed by atoms with E-state index in [0.29, 0.717) is 0 Å². The summed E-state index contributed by atoms with van der Waals surface area (Å²) in [7, 11) is 0. The molecule has 8 rings (SSSR count). The Morgan fingerprint density at radius 2 is 0.759 bits per heavy atom. The van der Waals surface area contributed by atoms with Crippen molar-refractivity contribution in [3.8, 4) is 22.3 Å².